The fraction of sp³-hybridized carbons (Fsp3) is 0.450. The number of halogens is 1. The van der Waals surface area contributed by atoms with Gasteiger partial charge in [0, 0.05) is 44.4 Å². The number of benzene rings is 1. The molecule has 30 heavy (non-hydrogen) atoms. The lowest BCUT2D eigenvalue weighted by atomic mass is 10.2. The smallest absolute Gasteiger partial charge is 0.267 e. The summed E-state index contributed by atoms with van der Waals surface area (Å²) in [5.74, 6) is 0.121. The van der Waals surface area contributed by atoms with E-state index < -0.39 is 0 Å². The molecule has 0 unspecified atom stereocenters. The molecule has 3 heterocycles. The molecule has 0 atom stereocenters. The minimum Gasteiger partial charge on any atom is -0.479 e. The average Bonchev–Trinajstić information content (AvgIpc) is 3.32. The predicted molar refractivity (Wildman–Crippen MR) is 118 cm³/mol. The molecule has 0 N–H and O–H groups in total. The van der Waals surface area contributed by atoms with E-state index in [9.17, 15) is 4.79 Å². The molecule has 10 heteroatoms. The molecule has 0 bridgehead atoms. The lowest BCUT2D eigenvalue weighted by Gasteiger charge is -2.29. The molecule has 4 rings (SSSR count). The van der Waals surface area contributed by atoms with E-state index in [-0.39, 0.29) is 5.91 Å². The SMILES string of the molecule is COc1nn(C)cc1C(=O)N(CCN1CCOCC1)c1nc2c(C)cc(Cl)cc2s1. The van der Waals surface area contributed by atoms with E-state index in [0.717, 1.165) is 35.4 Å². The molecule has 1 fully saturated rings. The van der Waals surface area contributed by atoms with Crippen LogP contribution in [0.1, 0.15) is 15.9 Å². The van der Waals surface area contributed by atoms with Gasteiger partial charge in [-0.05, 0) is 24.6 Å². The van der Waals surface area contributed by atoms with E-state index >= 15 is 0 Å². The van der Waals surface area contributed by atoms with Crippen molar-refractivity contribution in [2.45, 2.75) is 6.92 Å². The summed E-state index contributed by atoms with van der Waals surface area (Å²) in [6.07, 6.45) is 1.68. The number of fused-ring (bicyclic) bond motifs is 1. The van der Waals surface area contributed by atoms with Crippen LogP contribution in [0.15, 0.2) is 18.3 Å². The number of carbonyl (C=O) groups excluding carboxylic acids is 1. The first kappa shape index (κ1) is 21.0. The standard InChI is InChI=1S/C20H24ClN5O3S/c1-13-10-14(21)11-16-17(13)22-20(30-16)26(5-4-25-6-8-29-9-7-25)19(27)15-12-24(2)23-18(15)28-3/h10-12H,4-9H2,1-3H3. The second kappa shape index (κ2) is 8.89. The fourth-order valence-corrected chi connectivity index (χ4v) is 4.96. The van der Waals surface area contributed by atoms with Gasteiger partial charge in [-0.15, -0.1) is 5.10 Å². The monoisotopic (exact) mass is 449 g/mol. The molecule has 1 aliphatic heterocycles. The number of anilines is 1. The number of methoxy groups -OCH3 is 1. The fourth-order valence-electron chi connectivity index (χ4n) is 3.52. The minimum absolute atomic E-state index is 0.184. The van der Waals surface area contributed by atoms with Crippen LogP contribution in [0.3, 0.4) is 0 Å². The van der Waals surface area contributed by atoms with Crippen molar-refractivity contribution in [3.63, 3.8) is 0 Å². The summed E-state index contributed by atoms with van der Waals surface area (Å²) < 4.78 is 13.3. The number of aryl methyl sites for hydroxylation is 2. The lowest BCUT2D eigenvalue weighted by molar-refractivity contribution is 0.0391. The highest BCUT2D eigenvalue weighted by Gasteiger charge is 2.27. The molecule has 1 aliphatic rings. The Balaban J connectivity index is 1.69. The largest absolute Gasteiger partial charge is 0.479 e. The Labute approximate surface area is 183 Å². The van der Waals surface area contributed by atoms with Crippen molar-refractivity contribution in [1.82, 2.24) is 19.7 Å². The van der Waals surface area contributed by atoms with Crippen molar-refractivity contribution >= 4 is 44.2 Å². The van der Waals surface area contributed by atoms with Gasteiger partial charge in [0.15, 0.2) is 5.13 Å². The Morgan fingerprint density at radius 2 is 2.13 bits per heavy atom. The van der Waals surface area contributed by atoms with Gasteiger partial charge in [0.2, 0.25) is 5.88 Å². The van der Waals surface area contributed by atoms with Crippen molar-refractivity contribution in [2.75, 3.05) is 51.4 Å². The molecule has 0 saturated carbocycles. The normalized spacial score (nSPS) is 14.9. The summed E-state index contributed by atoms with van der Waals surface area (Å²) >= 11 is 7.69. The summed E-state index contributed by atoms with van der Waals surface area (Å²) in [7, 11) is 3.28. The van der Waals surface area contributed by atoms with E-state index in [2.05, 4.69) is 10.00 Å². The van der Waals surface area contributed by atoms with Crippen molar-refractivity contribution in [2.24, 2.45) is 7.05 Å². The maximum atomic E-state index is 13.5. The number of aromatic nitrogens is 3. The molecular formula is C20H24ClN5O3S. The third-order valence-corrected chi connectivity index (χ3v) is 6.32. The van der Waals surface area contributed by atoms with Crippen molar-refractivity contribution in [3.8, 4) is 5.88 Å². The first-order valence-corrected chi connectivity index (χ1v) is 10.9. The summed E-state index contributed by atoms with van der Waals surface area (Å²) in [6.45, 7) is 6.34. The Morgan fingerprint density at radius 3 is 2.87 bits per heavy atom. The van der Waals surface area contributed by atoms with Crippen molar-refractivity contribution in [1.29, 1.82) is 0 Å². The number of amides is 1. The van der Waals surface area contributed by atoms with E-state index in [1.54, 1.807) is 22.8 Å². The minimum atomic E-state index is -0.184. The number of morpholine rings is 1. The second-order valence-electron chi connectivity index (χ2n) is 7.20. The Hall–Kier alpha value is -2.20. The van der Waals surface area contributed by atoms with Gasteiger partial charge in [-0.25, -0.2) is 4.98 Å². The van der Waals surface area contributed by atoms with Gasteiger partial charge in [0.25, 0.3) is 5.91 Å². The molecule has 3 aromatic rings. The van der Waals surface area contributed by atoms with E-state index in [4.69, 9.17) is 26.1 Å². The first-order chi connectivity index (χ1) is 14.5. The summed E-state index contributed by atoms with van der Waals surface area (Å²) in [5, 5.41) is 5.53. The highest BCUT2D eigenvalue weighted by Crippen LogP contribution is 2.34. The number of ether oxygens (including phenoxy) is 2. The maximum Gasteiger partial charge on any atom is 0.267 e. The lowest BCUT2D eigenvalue weighted by Crippen LogP contribution is -2.43. The van der Waals surface area contributed by atoms with Gasteiger partial charge in [0.1, 0.15) is 5.56 Å². The zero-order chi connectivity index (χ0) is 21.3. The van der Waals surface area contributed by atoms with Crippen LogP contribution in [0, 0.1) is 6.92 Å². The van der Waals surface area contributed by atoms with Crippen LogP contribution in [0.25, 0.3) is 10.2 Å². The Bertz CT molecular complexity index is 1060. The second-order valence-corrected chi connectivity index (χ2v) is 8.65. The van der Waals surface area contributed by atoms with Crippen LogP contribution in [-0.4, -0.2) is 72.1 Å². The van der Waals surface area contributed by atoms with Crippen LogP contribution >= 0.6 is 22.9 Å². The molecule has 2 aromatic heterocycles. The van der Waals surface area contributed by atoms with Crippen LogP contribution in [0.2, 0.25) is 5.02 Å². The van der Waals surface area contributed by atoms with Gasteiger partial charge >= 0.3 is 0 Å². The first-order valence-electron chi connectivity index (χ1n) is 9.72. The molecule has 8 nitrogen and oxygen atoms in total. The molecule has 0 aliphatic carbocycles. The average molecular weight is 450 g/mol. The molecule has 1 amide bonds. The zero-order valence-corrected chi connectivity index (χ0v) is 18.8. The third-order valence-electron chi connectivity index (χ3n) is 5.08. The highest BCUT2D eigenvalue weighted by molar-refractivity contribution is 7.22. The topological polar surface area (TPSA) is 72.7 Å². The number of hydrogen-bond acceptors (Lipinski definition) is 7. The Morgan fingerprint density at radius 1 is 1.37 bits per heavy atom. The Kier molecular flexibility index (Phi) is 6.24. The van der Waals surface area contributed by atoms with Gasteiger partial charge in [0.05, 0.1) is 30.5 Å². The summed E-state index contributed by atoms with van der Waals surface area (Å²) in [5.41, 5.74) is 2.26. The third kappa shape index (κ3) is 4.29. The number of nitrogens with zero attached hydrogens (tertiary/aromatic N) is 5. The van der Waals surface area contributed by atoms with Gasteiger partial charge in [-0.1, -0.05) is 22.9 Å². The molecule has 1 aromatic carbocycles. The van der Waals surface area contributed by atoms with Crippen molar-refractivity contribution in [3.05, 3.63) is 34.5 Å². The van der Waals surface area contributed by atoms with Crippen LogP contribution in [0.5, 0.6) is 5.88 Å². The summed E-state index contributed by atoms with van der Waals surface area (Å²) in [4.78, 5) is 22.3. The van der Waals surface area contributed by atoms with Crippen LogP contribution < -0.4 is 9.64 Å². The van der Waals surface area contributed by atoms with Crippen LogP contribution in [0.4, 0.5) is 5.13 Å². The van der Waals surface area contributed by atoms with E-state index in [0.29, 0.717) is 41.4 Å². The van der Waals surface area contributed by atoms with Gasteiger partial charge in [-0.3, -0.25) is 19.3 Å². The van der Waals surface area contributed by atoms with Crippen molar-refractivity contribution < 1.29 is 14.3 Å². The van der Waals surface area contributed by atoms with Gasteiger partial charge < -0.3 is 9.47 Å². The van der Waals surface area contributed by atoms with Gasteiger partial charge in [-0.2, -0.15) is 0 Å². The summed E-state index contributed by atoms with van der Waals surface area (Å²) in [6, 6.07) is 3.78. The van der Waals surface area contributed by atoms with E-state index in [1.807, 2.05) is 19.1 Å². The van der Waals surface area contributed by atoms with E-state index in [1.165, 1.54) is 18.4 Å². The molecule has 160 valence electrons. The maximum absolute atomic E-state index is 13.5. The highest BCUT2D eigenvalue weighted by atomic mass is 35.5. The molecular weight excluding hydrogens is 426 g/mol. The predicted octanol–water partition coefficient (Wildman–Crippen LogP) is 2.98. The number of carbonyl (C=O) groups is 1. The van der Waals surface area contributed by atoms with Crippen LogP contribution in [-0.2, 0) is 11.8 Å². The number of thiazole rings is 1. The number of rotatable bonds is 6. The quantitative estimate of drug-likeness (QED) is 0.576. The number of hydrogen-bond donors (Lipinski definition) is 0. The molecule has 1 saturated heterocycles. The molecule has 0 radical (unpaired) electrons. The molecule has 0 spiro atoms. The zero-order valence-electron chi connectivity index (χ0n) is 17.2.